The Labute approximate surface area is 80.7 Å². The lowest BCUT2D eigenvalue weighted by Crippen LogP contribution is -2.49. The molecule has 0 heterocycles. The Kier molecular flexibility index (Phi) is 2.16. The Hall–Kier alpha value is -0.0800. The van der Waals surface area contributed by atoms with E-state index in [0.717, 1.165) is 11.8 Å². The highest BCUT2D eigenvalue weighted by molar-refractivity contribution is 5.02. The maximum absolute atomic E-state index is 9.78. The van der Waals surface area contributed by atoms with Crippen LogP contribution in [0.2, 0.25) is 0 Å². The number of rotatable bonds is 3. The van der Waals surface area contributed by atoms with Crippen molar-refractivity contribution < 1.29 is 5.11 Å². The lowest BCUT2D eigenvalue weighted by molar-refractivity contribution is 0.0390. The van der Waals surface area contributed by atoms with Crippen molar-refractivity contribution in [3.8, 4) is 0 Å². The van der Waals surface area contributed by atoms with Gasteiger partial charge in [0.15, 0.2) is 0 Å². The second kappa shape index (κ2) is 2.96. The van der Waals surface area contributed by atoms with Gasteiger partial charge >= 0.3 is 0 Å². The van der Waals surface area contributed by atoms with E-state index in [1.165, 1.54) is 19.3 Å². The SMILES string of the molecule is CC(NC1CC[C@@H]2C[C@H]12)C(C)(C)O. The highest BCUT2D eigenvalue weighted by Crippen LogP contribution is 2.51. The Morgan fingerprint density at radius 1 is 1.38 bits per heavy atom. The fourth-order valence-electron chi connectivity index (χ4n) is 2.44. The lowest BCUT2D eigenvalue weighted by atomic mass is 9.99. The molecule has 13 heavy (non-hydrogen) atoms. The Morgan fingerprint density at radius 3 is 2.46 bits per heavy atom. The van der Waals surface area contributed by atoms with E-state index in [9.17, 15) is 5.11 Å². The molecule has 2 rings (SSSR count). The van der Waals surface area contributed by atoms with E-state index in [4.69, 9.17) is 0 Å². The molecular weight excluding hydrogens is 162 g/mol. The third kappa shape index (κ3) is 1.89. The first-order chi connectivity index (χ1) is 5.98. The van der Waals surface area contributed by atoms with Gasteiger partial charge in [-0.1, -0.05) is 0 Å². The van der Waals surface area contributed by atoms with Gasteiger partial charge in [0.1, 0.15) is 0 Å². The van der Waals surface area contributed by atoms with Crippen LogP contribution in [0.5, 0.6) is 0 Å². The van der Waals surface area contributed by atoms with E-state index in [1.54, 1.807) is 0 Å². The van der Waals surface area contributed by atoms with Crippen molar-refractivity contribution in [3.63, 3.8) is 0 Å². The minimum absolute atomic E-state index is 0.205. The summed E-state index contributed by atoms with van der Waals surface area (Å²) in [6, 6.07) is 0.892. The van der Waals surface area contributed by atoms with E-state index < -0.39 is 5.60 Å². The van der Waals surface area contributed by atoms with Gasteiger partial charge in [-0.15, -0.1) is 0 Å². The zero-order valence-corrected chi connectivity index (χ0v) is 8.88. The van der Waals surface area contributed by atoms with Crippen LogP contribution in [-0.2, 0) is 0 Å². The third-order valence-corrected chi connectivity index (χ3v) is 3.87. The molecule has 76 valence electrons. The highest BCUT2D eigenvalue weighted by atomic mass is 16.3. The zero-order valence-electron chi connectivity index (χ0n) is 8.88. The van der Waals surface area contributed by atoms with Crippen molar-refractivity contribution in [2.24, 2.45) is 11.8 Å². The second-order valence-corrected chi connectivity index (χ2v) is 5.39. The van der Waals surface area contributed by atoms with Gasteiger partial charge in [0, 0.05) is 12.1 Å². The molecule has 0 amide bonds. The Bertz CT molecular complexity index is 197. The van der Waals surface area contributed by atoms with Crippen molar-refractivity contribution in [2.75, 3.05) is 0 Å². The first-order valence-corrected chi connectivity index (χ1v) is 5.47. The average Bonchev–Trinajstić information content (AvgIpc) is 2.68. The minimum atomic E-state index is -0.590. The van der Waals surface area contributed by atoms with E-state index in [1.807, 2.05) is 13.8 Å². The number of hydrogen-bond acceptors (Lipinski definition) is 2. The normalized spacial score (nSPS) is 40.2. The summed E-state index contributed by atoms with van der Waals surface area (Å²) in [6.45, 7) is 5.84. The summed E-state index contributed by atoms with van der Waals surface area (Å²) in [7, 11) is 0. The van der Waals surface area contributed by atoms with Crippen LogP contribution in [0.25, 0.3) is 0 Å². The topological polar surface area (TPSA) is 32.3 Å². The maximum atomic E-state index is 9.78. The second-order valence-electron chi connectivity index (χ2n) is 5.39. The Morgan fingerprint density at radius 2 is 2.08 bits per heavy atom. The van der Waals surface area contributed by atoms with Crippen LogP contribution in [0, 0.1) is 11.8 Å². The van der Waals surface area contributed by atoms with Gasteiger partial charge in [0.05, 0.1) is 5.60 Å². The van der Waals surface area contributed by atoms with Gasteiger partial charge in [-0.05, 0) is 51.9 Å². The minimum Gasteiger partial charge on any atom is -0.389 e. The van der Waals surface area contributed by atoms with Crippen LogP contribution in [0.15, 0.2) is 0 Å². The van der Waals surface area contributed by atoms with Crippen molar-refractivity contribution in [1.29, 1.82) is 0 Å². The quantitative estimate of drug-likeness (QED) is 0.695. The van der Waals surface area contributed by atoms with Gasteiger partial charge in [-0.25, -0.2) is 0 Å². The summed E-state index contributed by atoms with van der Waals surface area (Å²) in [6.07, 6.45) is 4.15. The largest absolute Gasteiger partial charge is 0.389 e. The fourth-order valence-corrected chi connectivity index (χ4v) is 2.44. The molecule has 0 aromatic rings. The van der Waals surface area contributed by atoms with Crippen molar-refractivity contribution in [1.82, 2.24) is 5.32 Å². The van der Waals surface area contributed by atoms with Crippen molar-refractivity contribution >= 4 is 0 Å². The zero-order chi connectivity index (χ0) is 9.64. The molecule has 0 aromatic heterocycles. The maximum Gasteiger partial charge on any atom is 0.0741 e. The molecule has 2 N–H and O–H groups in total. The molecule has 0 radical (unpaired) electrons. The van der Waals surface area contributed by atoms with Crippen LogP contribution < -0.4 is 5.32 Å². The first-order valence-electron chi connectivity index (χ1n) is 5.47. The standard InChI is InChI=1S/C11H21NO/c1-7(11(2,3)13)12-10-5-4-8-6-9(8)10/h7-10,12-13H,4-6H2,1-3H3/t7?,8-,9+,10?/m1/s1. The molecule has 0 aromatic carbocycles. The molecule has 2 aliphatic carbocycles. The lowest BCUT2D eigenvalue weighted by Gasteiger charge is -2.30. The smallest absolute Gasteiger partial charge is 0.0741 e. The summed E-state index contributed by atoms with van der Waals surface area (Å²) in [5, 5.41) is 13.3. The molecule has 2 heteroatoms. The average molecular weight is 183 g/mol. The number of aliphatic hydroxyl groups is 1. The van der Waals surface area contributed by atoms with Crippen LogP contribution in [0.4, 0.5) is 0 Å². The number of nitrogens with one attached hydrogen (secondary N) is 1. The summed E-state index contributed by atoms with van der Waals surface area (Å²) >= 11 is 0. The van der Waals surface area contributed by atoms with E-state index >= 15 is 0 Å². The molecule has 4 atom stereocenters. The van der Waals surface area contributed by atoms with Gasteiger partial charge in [-0.2, -0.15) is 0 Å². The number of fused-ring (bicyclic) bond motifs is 1. The van der Waals surface area contributed by atoms with Gasteiger partial charge < -0.3 is 10.4 Å². The van der Waals surface area contributed by atoms with Crippen molar-refractivity contribution in [3.05, 3.63) is 0 Å². The van der Waals surface area contributed by atoms with Crippen LogP contribution in [0.1, 0.15) is 40.0 Å². The highest BCUT2D eigenvalue weighted by Gasteiger charge is 2.48. The summed E-state index contributed by atoms with van der Waals surface area (Å²) in [5.74, 6) is 1.95. The number of hydrogen-bond donors (Lipinski definition) is 2. The molecule has 2 nitrogen and oxygen atoms in total. The van der Waals surface area contributed by atoms with Crippen LogP contribution >= 0.6 is 0 Å². The molecule has 0 spiro atoms. The van der Waals surface area contributed by atoms with Gasteiger partial charge in [0.2, 0.25) is 0 Å². The Balaban J connectivity index is 1.84. The predicted molar refractivity (Wildman–Crippen MR) is 53.5 cm³/mol. The first kappa shape index (κ1) is 9.47. The molecule has 2 saturated carbocycles. The molecular formula is C11H21NO. The predicted octanol–water partition coefficient (Wildman–Crippen LogP) is 1.53. The monoisotopic (exact) mass is 183 g/mol. The molecule has 0 saturated heterocycles. The van der Waals surface area contributed by atoms with Gasteiger partial charge in [0.25, 0.3) is 0 Å². The summed E-state index contributed by atoms with van der Waals surface area (Å²) in [4.78, 5) is 0. The van der Waals surface area contributed by atoms with Gasteiger partial charge in [-0.3, -0.25) is 0 Å². The fraction of sp³-hybridized carbons (Fsp3) is 1.00. The molecule has 0 bridgehead atoms. The van der Waals surface area contributed by atoms with Crippen LogP contribution in [-0.4, -0.2) is 22.8 Å². The van der Waals surface area contributed by atoms with Crippen LogP contribution in [0.3, 0.4) is 0 Å². The van der Waals surface area contributed by atoms with E-state index in [2.05, 4.69) is 12.2 Å². The third-order valence-electron chi connectivity index (χ3n) is 3.87. The van der Waals surface area contributed by atoms with E-state index in [-0.39, 0.29) is 6.04 Å². The molecule has 2 aliphatic rings. The van der Waals surface area contributed by atoms with Crippen molar-refractivity contribution in [2.45, 2.75) is 57.7 Å². The molecule has 2 fully saturated rings. The van der Waals surface area contributed by atoms with E-state index in [0.29, 0.717) is 6.04 Å². The summed E-state index contributed by atoms with van der Waals surface area (Å²) in [5.41, 5.74) is -0.590. The molecule has 0 aliphatic heterocycles. The molecule has 2 unspecified atom stereocenters. The summed E-state index contributed by atoms with van der Waals surface area (Å²) < 4.78 is 0.